The molecule has 0 fully saturated rings. The Morgan fingerprint density at radius 3 is 2.85 bits per heavy atom. The quantitative estimate of drug-likeness (QED) is 0.783. The molecule has 0 aliphatic carbocycles. The lowest BCUT2D eigenvalue weighted by Gasteiger charge is -2.20. The Bertz CT molecular complexity index is 811. The van der Waals surface area contributed by atoms with Gasteiger partial charge in [-0.15, -0.1) is 4.40 Å². The van der Waals surface area contributed by atoms with Gasteiger partial charge < -0.3 is 4.74 Å². The lowest BCUT2D eigenvalue weighted by Crippen LogP contribution is -2.38. The minimum Gasteiger partial charge on any atom is -0.423 e. The molecule has 0 radical (unpaired) electrons. The number of benzene rings is 1. The van der Waals surface area contributed by atoms with Crippen LogP contribution in [0, 0.1) is 0 Å². The summed E-state index contributed by atoms with van der Waals surface area (Å²) < 4.78 is 55.5. The zero-order chi connectivity index (χ0) is 14.5. The SMILES string of the molecule is CCS(=O)(=O)c1ccc2c(c1)N1CCS(=O)(=O)N=C1O2. The molecule has 0 aromatic heterocycles. The number of hydrogen-bond donors (Lipinski definition) is 0. The van der Waals surface area contributed by atoms with Gasteiger partial charge in [0.25, 0.3) is 10.0 Å². The van der Waals surface area contributed by atoms with E-state index in [1.807, 2.05) is 0 Å². The molecule has 20 heavy (non-hydrogen) atoms. The Kier molecular flexibility index (Phi) is 2.80. The molecule has 1 aromatic rings. The second-order valence-corrected chi connectivity index (χ2v) is 8.48. The molecule has 0 N–H and O–H groups in total. The Hall–Kier alpha value is -1.61. The summed E-state index contributed by atoms with van der Waals surface area (Å²) in [7, 11) is -6.82. The maximum Gasteiger partial charge on any atom is 0.313 e. The first-order valence-corrected chi connectivity index (χ1v) is 9.23. The minimum absolute atomic E-state index is 0.00195. The third-order valence-corrected chi connectivity index (χ3v) is 6.05. The van der Waals surface area contributed by atoms with Crippen LogP contribution < -0.4 is 9.64 Å². The first-order chi connectivity index (χ1) is 9.32. The molecule has 0 saturated heterocycles. The van der Waals surface area contributed by atoms with Crippen molar-refractivity contribution in [2.24, 2.45) is 4.40 Å². The summed E-state index contributed by atoms with van der Waals surface area (Å²) in [5, 5.41) is 0. The predicted octanol–water partition coefficient (Wildman–Crippen LogP) is 0.378. The second-order valence-electron chi connectivity index (χ2n) is 4.45. The number of amidine groups is 1. The van der Waals surface area contributed by atoms with E-state index in [1.165, 1.54) is 18.2 Å². The molecule has 0 spiro atoms. The van der Waals surface area contributed by atoms with Gasteiger partial charge in [-0.1, -0.05) is 6.92 Å². The molecule has 108 valence electrons. The van der Waals surface area contributed by atoms with Crippen LogP contribution in [-0.2, 0) is 19.9 Å². The summed E-state index contributed by atoms with van der Waals surface area (Å²) in [6.07, 6.45) is 0. The van der Waals surface area contributed by atoms with Crippen molar-refractivity contribution in [3.63, 3.8) is 0 Å². The zero-order valence-electron chi connectivity index (χ0n) is 10.6. The molecule has 1 aromatic carbocycles. The van der Waals surface area contributed by atoms with Crippen LogP contribution in [0.25, 0.3) is 0 Å². The van der Waals surface area contributed by atoms with Crippen LogP contribution in [0.2, 0.25) is 0 Å². The largest absolute Gasteiger partial charge is 0.423 e. The summed E-state index contributed by atoms with van der Waals surface area (Å²) in [5.41, 5.74) is 0.535. The Labute approximate surface area is 116 Å². The summed E-state index contributed by atoms with van der Waals surface area (Å²) in [6.45, 7) is 1.77. The smallest absolute Gasteiger partial charge is 0.313 e. The van der Waals surface area contributed by atoms with Crippen LogP contribution >= 0.6 is 0 Å². The monoisotopic (exact) mass is 316 g/mol. The summed E-state index contributed by atoms with van der Waals surface area (Å²) in [5.74, 6) is 0.294. The molecule has 0 atom stereocenters. The van der Waals surface area contributed by atoms with E-state index >= 15 is 0 Å². The normalized spacial score (nSPS) is 19.9. The molecule has 9 heteroatoms. The number of anilines is 1. The van der Waals surface area contributed by atoms with Gasteiger partial charge in [-0.2, -0.15) is 0 Å². The van der Waals surface area contributed by atoms with Gasteiger partial charge in [0.05, 0.1) is 22.1 Å². The van der Waals surface area contributed by atoms with Gasteiger partial charge in [0.15, 0.2) is 15.6 Å². The Morgan fingerprint density at radius 1 is 1.40 bits per heavy atom. The van der Waals surface area contributed by atoms with Crippen LogP contribution in [0.3, 0.4) is 0 Å². The molecule has 0 bridgehead atoms. The molecular weight excluding hydrogens is 304 g/mol. The number of sulfone groups is 1. The highest BCUT2D eigenvalue weighted by molar-refractivity contribution is 7.91. The Morgan fingerprint density at radius 2 is 2.15 bits per heavy atom. The van der Waals surface area contributed by atoms with Crippen molar-refractivity contribution < 1.29 is 21.6 Å². The number of nitrogens with zero attached hydrogens (tertiary/aromatic N) is 2. The lowest BCUT2D eigenvalue weighted by atomic mass is 10.3. The van der Waals surface area contributed by atoms with Crippen molar-refractivity contribution in [1.29, 1.82) is 0 Å². The molecule has 7 nitrogen and oxygen atoms in total. The van der Waals surface area contributed by atoms with Gasteiger partial charge in [0, 0.05) is 6.54 Å². The maximum absolute atomic E-state index is 11.9. The highest BCUT2D eigenvalue weighted by atomic mass is 32.2. The maximum atomic E-state index is 11.9. The van der Waals surface area contributed by atoms with Crippen LogP contribution in [0.5, 0.6) is 5.75 Å². The number of ether oxygens (including phenoxy) is 1. The van der Waals surface area contributed by atoms with Crippen LogP contribution in [-0.4, -0.2) is 40.9 Å². The fraction of sp³-hybridized carbons (Fsp3) is 0.364. The molecule has 2 aliphatic heterocycles. The standard InChI is InChI=1S/C11H12N2O5S2/c1-2-19(14,15)8-3-4-10-9(7-8)13-5-6-20(16,17)12-11(13)18-10/h3-4,7H,2,5-6H2,1H3. The number of hydrogen-bond acceptors (Lipinski definition) is 6. The molecule has 2 aliphatic rings. The van der Waals surface area contributed by atoms with Crippen molar-refractivity contribution in [1.82, 2.24) is 0 Å². The van der Waals surface area contributed by atoms with Gasteiger partial charge in [-0.25, -0.2) is 16.8 Å². The molecule has 0 saturated carbocycles. The van der Waals surface area contributed by atoms with E-state index in [-0.39, 0.29) is 29.0 Å². The molecule has 0 amide bonds. The number of rotatable bonds is 2. The minimum atomic E-state index is -3.49. The van der Waals surface area contributed by atoms with Crippen LogP contribution in [0.4, 0.5) is 5.69 Å². The van der Waals surface area contributed by atoms with Crippen molar-refractivity contribution in [3.8, 4) is 5.75 Å². The summed E-state index contributed by atoms with van der Waals surface area (Å²) in [6, 6.07) is 4.45. The summed E-state index contributed by atoms with van der Waals surface area (Å²) >= 11 is 0. The van der Waals surface area contributed by atoms with Gasteiger partial charge >= 0.3 is 6.02 Å². The topological polar surface area (TPSA) is 93.1 Å². The van der Waals surface area contributed by atoms with E-state index in [0.717, 1.165) is 0 Å². The van der Waals surface area contributed by atoms with E-state index in [1.54, 1.807) is 11.8 Å². The van der Waals surface area contributed by atoms with Crippen molar-refractivity contribution >= 4 is 31.6 Å². The van der Waals surface area contributed by atoms with Crippen LogP contribution in [0.15, 0.2) is 27.5 Å². The van der Waals surface area contributed by atoms with Crippen molar-refractivity contribution in [3.05, 3.63) is 18.2 Å². The number of fused-ring (bicyclic) bond motifs is 3. The molecule has 3 rings (SSSR count). The average Bonchev–Trinajstić information content (AvgIpc) is 2.73. The molecule has 2 heterocycles. The highest BCUT2D eigenvalue weighted by Crippen LogP contribution is 2.38. The van der Waals surface area contributed by atoms with E-state index in [0.29, 0.717) is 11.4 Å². The van der Waals surface area contributed by atoms with Gasteiger partial charge in [-0.3, -0.25) is 4.90 Å². The fourth-order valence-corrected chi connectivity index (χ4v) is 3.84. The first kappa shape index (κ1) is 13.4. The average molecular weight is 316 g/mol. The lowest BCUT2D eigenvalue weighted by molar-refractivity contribution is 0.554. The molecular formula is C11H12N2O5S2. The Balaban J connectivity index is 2.10. The third kappa shape index (κ3) is 2.06. The third-order valence-electron chi connectivity index (χ3n) is 3.18. The van der Waals surface area contributed by atoms with E-state index in [4.69, 9.17) is 4.74 Å². The second kappa shape index (κ2) is 4.19. The van der Waals surface area contributed by atoms with Gasteiger partial charge in [0.1, 0.15) is 0 Å². The fourth-order valence-electron chi connectivity index (χ4n) is 2.07. The van der Waals surface area contributed by atoms with E-state index in [2.05, 4.69) is 4.40 Å². The number of sulfonamides is 1. The van der Waals surface area contributed by atoms with Crippen molar-refractivity contribution in [2.75, 3.05) is 23.0 Å². The molecule has 0 unspecified atom stereocenters. The highest BCUT2D eigenvalue weighted by Gasteiger charge is 2.35. The van der Waals surface area contributed by atoms with Crippen LogP contribution in [0.1, 0.15) is 6.92 Å². The van der Waals surface area contributed by atoms with Gasteiger partial charge in [0.2, 0.25) is 0 Å². The zero-order valence-corrected chi connectivity index (χ0v) is 12.2. The van der Waals surface area contributed by atoms with E-state index in [9.17, 15) is 16.8 Å². The van der Waals surface area contributed by atoms with E-state index < -0.39 is 19.9 Å². The van der Waals surface area contributed by atoms with Crippen molar-refractivity contribution in [2.45, 2.75) is 11.8 Å². The predicted molar refractivity (Wildman–Crippen MR) is 73.4 cm³/mol. The first-order valence-electron chi connectivity index (χ1n) is 5.97. The van der Waals surface area contributed by atoms with Gasteiger partial charge in [-0.05, 0) is 18.2 Å². The summed E-state index contributed by atoms with van der Waals surface area (Å²) in [4.78, 5) is 1.77.